The molecule has 1 N–H and O–H groups in total. The molecule has 5 nitrogen and oxygen atoms in total. The van der Waals surface area contributed by atoms with Crippen molar-refractivity contribution in [2.75, 3.05) is 33.7 Å². The summed E-state index contributed by atoms with van der Waals surface area (Å²) in [4.78, 5) is 19.6. The molecule has 0 amide bonds. The zero-order valence-electron chi connectivity index (χ0n) is 12.8. The Morgan fingerprint density at radius 3 is 2.45 bits per heavy atom. The number of rotatable bonds is 8. The smallest absolute Gasteiger partial charge is 0.337 e. The van der Waals surface area contributed by atoms with Crippen LogP contribution >= 0.6 is 0 Å². The Morgan fingerprint density at radius 1 is 1.30 bits per heavy atom. The molecule has 0 spiro atoms. The van der Waals surface area contributed by atoms with Crippen molar-refractivity contribution in [2.45, 2.75) is 20.4 Å². The number of pyridine rings is 1. The van der Waals surface area contributed by atoms with E-state index in [1.165, 1.54) is 6.20 Å². The Morgan fingerprint density at radius 2 is 2.00 bits per heavy atom. The first-order valence-corrected chi connectivity index (χ1v) is 6.93. The molecule has 0 aliphatic carbocycles. The van der Waals surface area contributed by atoms with Crippen LogP contribution in [-0.4, -0.2) is 59.6 Å². The summed E-state index contributed by atoms with van der Waals surface area (Å²) in [6.45, 7) is 8.14. The molecule has 0 radical (unpaired) electrons. The van der Waals surface area contributed by atoms with Crippen LogP contribution in [-0.2, 0) is 6.54 Å². The van der Waals surface area contributed by atoms with Gasteiger partial charge in [0.25, 0.3) is 0 Å². The van der Waals surface area contributed by atoms with Crippen LogP contribution in [0.15, 0.2) is 18.3 Å². The molecule has 1 aromatic rings. The molecular formula is C15H25N3O2. The Kier molecular flexibility index (Phi) is 6.61. The molecule has 0 unspecified atom stereocenters. The lowest BCUT2D eigenvalue weighted by molar-refractivity contribution is 0.0696. The van der Waals surface area contributed by atoms with Crippen LogP contribution < -0.4 is 0 Å². The minimum atomic E-state index is -0.935. The predicted molar refractivity (Wildman–Crippen MR) is 79.9 cm³/mol. The lowest BCUT2D eigenvalue weighted by Gasteiger charge is -2.25. The Labute approximate surface area is 121 Å². The molecule has 0 saturated heterocycles. The molecule has 0 aliphatic heterocycles. The van der Waals surface area contributed by atoms with Crippen molar-refractivity contribution in [1.82, 2.24) is 14.8 Å². The fraction of sp³-hybridized carbons (Fsp3) is 0.600. The highest BCUT2D eigenvalue weighted by atomic mass is 16.4. The van der Waals surface area contributed by atoms with Crippen LogP contribution in [0, 0.1) is 5.92 Å². The topological polar surface area (TPSA) is 56.7 Å². The van der Waals surface area contributed by atoms with E-state index in [0.29, 0.717) is 5.92 Å². The van der Waals surface area contributed by atoms with Crippen molar-refractivity contribution in [3.63, 3.8) is 0 Å². The van der Waals surface area contributed by atoms with Crippen molar-refractivity contribution in [2.24, 2.45) is 5.92 Å². The summed E-state index contributed by atoms with van der Waals surface area (Å²) < 4.78 is 0. The monoisotopic (exact) mass is 279 g/mol. The summed E-state index contributed by atoms with van der Waals surface area (Å²) in [6.07, 6.45) is 1.43. The quantitative estimate of drug-likeness (QED) is 0.786. The lowest BCUT2D eigenvalue weighted by atomic mass is 10.2. The first kappa shape index (κ1) is 16.6. The maximum Gasteiger partial charge on any atom is 0.337 e. The standard InChI is InChI=1S/C15H25N3O2/c1-12(2)10-18(8-7-17(3)4)11-14-6-5-13(9-16-14)15(19)20/h5-6,9,12H,7-8,10-11H2,1-4H3,(H,19,20). The van der Waals surface area contributed by atoms with Crippen molar-refractivity contribution in [3.8, 4) is 0 Å². The molecule has 0 fully saturated rings. The average molecular weight is 279 g/mol. The number of nitrogens with zero attached hydrogens (tertiary/aromatic N) is 3. The molecule has 20 heavy (non-hydrogen) atoms. The van der Waals surface area contributed by atoms with Gasteiger partial charge in [-0.1, -0.05) is 13.8 Å². The van der Waals surface area contributed by atoms with Gasteiger partial charge in [-0.3, -0.25) is 9.88 Å². The average Bonchev–Trinajstić information content (AvgIpc) is 2.36. The predicted octanol–water partition coefficient (Wildman–Crippen LogP) is 1.80. The first-order chi connectivity index (χ1) is 9.38. The van der Waals surface area contributed by atoms with Gasteiger partial charge in [-0.15, -0.1) is 0 Å². The van der Waals surface area contributed by atoms with Gasteiger partial charge in [0.1, 0.15) is 0 Å². The molecular weight excluding hydrogens is 254 g/mol. The summed E-state index contributed by atoms with van der Waals surface area (Å²) >= 11 is 0. The van der Waals surface area contributed by atoms with E-state index >= 15 is 0 Å². The van der Waals surface area contributed by atoms with Gasteiger partial charge in [0.2, 0.25) is 0 Å². The Bertz CT molecular complexity index is 416. The molecule has 1 rings (SSSR count). The van der Waals surface area contributed by atoms with E-state index in [2.05, 4.69) is 42.7 Å². The number of hydrogen-bond acceptors (Lipinski definition) is 4. The lowest BCUT2D eigenvalue weighted by Crippen LogP contribution is -2.34. The van der Waals surface area contributed by atoms with Crippen LogP contribution in [0.5, 0.6) is 0 Å². The molecule has 1 heterocycles. The van der Waals surface area contributed by atoms with Crippen LogP contribution in [0.4, 0.5) is 0 Å². The number of aromatic carboxylic acids is 1. The Balaban J connectivity index is 2.65. The second kappa shape index (κ2) is 7.97. The van der Waals surface area contributed by atoms with Gasteiger partial charge in [-0.2, -0.15) is 0 Å². The van der Waals surface area contributed by atoms with Gasteiger partial charge in [0, 0.05) is 32.4 Å². The summed E-state index contributed by atoms with van der Waals surface area (Å²) in [5.41, 5.74) is 1.15. The van der Waals surface area contributed by atoms with Gasteiger partial charge < -0.3 is 10.0 Å². The van der Waals surface area contributed by atoms with E-state index in [4.69, 9.17) is 5.11 Å². The number of likely N-dealkylation sites (N-methyl/N-ethyl adjacent to an activating group) is 1. The van der Waals surface area contributed by atoms with Gasteiger partial charge in [0.15, 0.2) is 0 Å². The molecule has 1 aromatic heterocycles. The maximum absolute atomic E-state index is 10.8. The second-order valence-corrected chi connectivity index (χ2v) is 5.78. The Hall–Kier alpha value is -1.46. The zero-order chi connectivity index (χ0) is 15.1. The third-order valence-electron chi connectivity index (χ3n) is 2.94. The highest BCUT2D eigenvalue weighted by Crippen LogP contribution is 2.07. The molecule has 5 heteroatoms. The van der Waals surface area contributed by atoms with Crippen LogP contribution in [0.25, 0.3) is 0 Å². The largest absolute Gasteiger partial charge is 0.478 e. The van der Waals surface area contributed by atoms with Crippen LogP contribution in [0.1, 0.15) is 29.9 Å². The molecule has 0 atom stereocenters. The van der Waals surface area contributed by atoms with Gasteiger partial charge in [-0.05, 0) is 32.1 Å². The number of aromatic nitrogens is 1. The van der Waals surface area contributed by atoms with Gasteiger partial charge in [0.05, 0.1) is 11.3 Å². The molecule has 0 aliphatic rings. The minimum absolute atomic E-state index is 0.234. The van der Waals surface area contributed by atoms with E-state index in [9.17, 15) is 4.79 Å². The summed E-state index contributed by atoms with van der Waals surface area (Å²) in [5.74, 6) is -0.342. The highest BCUT2D eigenvalue weighted by Gasteiger charge is 2.10. The van der Waals surface area contributed by atoms with Crippen molar-refractivity contribution in [1.29, 1.82) is 0 Å². The SMILES string of the molecule is CC(C)CN(CCN(C)C)Cc1ccc(C(=O)O)cn1. The van der Waals surface area contributed by atoms with E-state index in [0.717, 1.165) is 31.9 Å². The molecule has 112 valence electrons. The van der Waals surface area contributed by atoms with E-state index in [-0.39, 0.29) is 5.56 Å². The number of carboxylic acid groups (broad SMARTS) is 1. The second-order valence-electron chi connectivity index (χ2n) is 5.78. The maximum atomic E-state index is 10.8. The number of carboxylic acids is 1. The van der Waals surface area contributed by atoms with Crippen molar-refractivity contribution in [3.05, 3.63) is 29.6 Å². The fourth-order valence-corrected chi connectivity index (χ4v) is 1.97. The van der Waals surface area contributed by atoms with Crippen molar-refractivity contribution >= 4 is 5.97 Å². The first-order valence-electron chi connectivity index (χ1n) is 6.93. The summed E-state index contributed by atoms with van der Waals surface area (Å²) in [6, 6.07) is 3.41. The summed E-state index contributed by atoms with van der Waals surface area (Å²) in [5, 5.41) is 8.87. The van der Waals surface area contributed by atoms with Gasteiger partial charge >= 0.3 is 5.97 Å². The van der Waals surface area contributed by atoms with Crippen molar-refractivity contribution < 1.29 is 9.90 Å². The summed E-state index contributed by atoms with van der Waals surface area (Å²) in [7, 11) is 4.13. The normalized spacial score (nSPS) is 11.6. The molecule has 0 saturated carbocycles. The van der Waals surface area contributed by atoms with E-state index in [1.54, 1.807) is 12.1 Å². The number of hydrogen-bond donors (Lipinski definition) is 1. The molecule has 0 bridgehead atoms. The van der Waals surface area contributed by atoms with Crippen LogP contribution in [0.3, 0.4) is 0 Å². The highest BCUT2D eigenvalue weighted by molar-refractivity contribution is 5.87. The number of carbonyl (C=O) groups is 1. The molecule has 0 aromatic carbocycles. The van der Waals surface area contributed by atoms with E-state index in [1.807, 2.05) is 0 Å². The third kappa shape index (κ3) is 6.12. The van der Waals surface area contributed by atoms with E-state index < -0.39 is 5.97 Å². The minimum Gasteiger partial charge on any atom is -0.478 e. The van der Waals surface area contributed by atoms with Gasteiger partial charge in [-0.25, -0.2) is 4.79 Å². The van der Waals surface area contributed by atoms with Crippen LogP contribution in [0.2, 0.25) is 0 Å². The zero-order valence-corrected chi connectivity index (χ0v) is 12.8. The third-order valence-corrected chi connectivity index (χ3v) is 2.94. The fourth-order valence-electron chi connectivity index (χ4n) is 1.97.